The maximum atomic E-state index is 13.6. The van der Waals surface area contributed by atoms with Crippen molar-refractivity contribution in [2.75, 3.05) is 31.5 Å². The number of nitrogens with zero attached hydrogens (tertiary/aromatic N) is 4. The highest BCUT2D eigenvalue weighted by atomic mass is 32.1. The van der Waals surface area contributed by atoms with Crippen LogP contribution in [0.2, 0.25) is 0 Å². The van der Waals surface area contributed by atoms with Gasteiger partial charge in [-0.15, -0.1) is 10.2 Å². The molecule has 0 bridgehead atoms. The van der Waals surface area contributed by atoms with Crippen LogP contribution < -0.4 is 5.32 Å². The van der Waals surface area contributed by atoms with Crippen molar-refractivity contribution in [1.29, 1.82) is 0 Å². The van der Waals surface area contributed by atoms with Crippen LogP contribution in [0.3, 0.4) is 0 Å². The highest BCUT2D eigenvalue weighted by molar-refractivity contribution is 7.13. The van der Waals surface area contributed by atoms with Gasteiger partial charge in [-0.05, 0) is 24.6 Å². The van der Waals surface area contributed by atoms with Crippen LogP contribution in [-0.4, -0.2) is 58.1 Å². The zero-order valence-corrected chi connectivity index (χ0v) is 13.8. The van der Waals surface area contributed by atoms with Crippen molar-refractivity contribution in [2.24, 2.45) is 0 Å². The Hall–Kier alpha value is -2.55. The SMILES string of the molecule is Cc1ccc(C(=O)N2CCN(C(=O)Nc3nncs3)CC2)cc1F. The van der Waals surface area contributed by atoms with E-state index >= 15 is 0 Å². The number of hydrogen-bond donors (Lipinski definition) is 1. The summed E-state index contributed by atoms with van der Waals surface area (Å²) >= 11 is 1.24. The first-order valence-corrected chi connectivity index (χ1v) is 8.30. The number of aryl methyl sites for hydroxylation is 1. The molecule has 1 aromatic heterocycles. The van der Waals surface area contributed by atoms with E-state index in [0.29, 0.717) is 42.4 Å². The van der Waals surface area contributed by atoms with E-state index in [9.17, 15) is 14.0 Å². The zero-order valence-electron chi connectivity index (χ0n) is 13.0. The summed E-state index contributed by atoms with van der Waals surface area (Å²) in [5.74, 6) is -0.617. The van der Waals surface area contributed by atoms with Crippen molar-refractivity contribution in [2.45, 2.75) is 6.92 Å². The van der Waals surface area contributed by atoms with Gasteiger partial charge < -0.3 is 9.80 Å². The Morgan fingerprint density at radius 2 is 1.92 bits per heavy atom. The first kappa shape index (κ1) is 16.3. The number of piperazine rings is 1. The largest absolute Gasteiger partial charge is 0.335 e. The van der Waals surface area contributed by atoms with Crippen LogP contribution >= 0.6 is 11.3 Å². The highest BCUT2D eigenvalue weighted by Crippen LogP contribution is 2.14. The summed E-state index contributed by atoms with van der Waals surface area (Å²) in [4.78, 5) is 27.8. The van der Waals surface area contributed by atoms with E-state index in [4.69, 9.17) is 0 Å². The monoisotopic (exact) mass is 349 g/mol. The molecule has 1 saturated heterocycles. The first-order valence-electron chi connectivity index (χ1n) is 7.42. The molecule has 1 aliphatic rings. The van der Waals surface area contributed by atoms with Crippen LogP contribution in [-0.2, 0) is 0 Å². The maximum absolute atomic E-state index is 13.6. The van der Waals surface area contributed by atoms with Crippen molar-refractivity contribution in [3.63, 3.8) is 0 Å². The van der Waals surface area contributed by atoms with Crippen molar-refractivity contribution in [3.05, 3.63) is 40.7 Å². The molecular formula is C15H16FN5O2S. The third-order valence-corrected chi connectivity index (χ3v) is 4.45. The van der Waals surface area contributed by atoms with Crippen LogP contribution in [0.1, 0.15) is 15.9 Å². The molecule has 0 radical (unpaired) electrons. The second kappa shape index (κ2) is 6.91. The number of rotatable bonds is 2. The topological polar surface area (TPSA) is 78.4 Å². The number of aromatic nitrogens is 2. The molecule has 0 atom stereocenters. The number of hydrogen-bond acceptors (Lipinski definition) is 5. The predicted octanol–water partition coefficient (Wildman–Crippen LogP) is 1.98. The molecule has 1 aromatic carbocycles. The molecule has 24 heavy (non-hydrogen) atoms. The number of carbonyl (C=O) groups is 2. The quantitative estimate of drug-likeness (QED) is 0.899. The number of nitrogens with one attached hydrogen (secondary N) is 1. The van der Waals surface area contributed by atoms with Gasteiger partial charge in [-0.1, -0.05) is 17.4 Å². The average Bonchev–Trinajstić information content (AvgIpc) is 3.10. The number of benzene rings is 1. The minimum Gasteiger partial charge on any atom is -0.335 e. The Morgan fingerprint density at radius 3 is 2.54 bits per heavy atom. The number of amides is 3. The second-order valence-electron chi connectivity index (χ2n) is 5.42. The highest BCUT2D eigenvalue weighted by Gasteiger charge is 2.25. The lowest BCUT2D eigenvalue weighted by Crippen LogP contribution is -2.51. The predicted molar refractivity (Wildman–Crippen MR) is 87.5 cm³/mol. The second-order valence-corrected chi connectivity index (χ2v) is 6.25. The van der Waals surface area contributed by atoms with Crippen LogP contribution in [0.25, 0.3) is 0 Å². The van der Waals surface area contributed by atoms with E-state index in [2.05, 4.69) is 15.5 Å². The van der Waals surface area contributed by atoms with Gasteiger partial charge >= 0.3 is 6.03 Å². The molecule has 2 aromatic rings. The van der Waals surface area contributed by atoms with Crippen LogP contribution in [0, 0.1) is 12.7 Å². The van der Waals surface area contributed by atoms with Crippen molar-refractivity contribution < 1.29 is 14.0 Å². The Morgan fingerprint density at radius 1 is 1.21 bits per heavy atom. The summed E-state index contributed by atoms with van der Waals surface area (Å²) in [6.07, 6.45) is 0. The summed E-state index contributed by atoms with van der Waals surface area (Å²) < 4.78 is 13.6. The molecule has 7 nitrogen and oxygen atoms in total. The van der Waals surface area contributed by atoms with Gasteiger partial charge in [0.25, 0.3) is 5.91 Å². The summed E-state index contributed by atoms with van der Waals surface area (Å²) in [7, 11) is 0. The molecule has 2 heterocycles. The zero-order chi connectivity index (χ0) is 17.1. The van der Waals surface area contributed by atoms with Crippen LogP contribution in [0.5, 0.6) is 0 Å². The van der Waals surface area contributed by atoms with Gasteiger partial charge in [0.1, 0.15) is 11.3 Å². The maximum Gasteiger partial charge on any atom is 0.323 e. The first-order chi connectivity index (χ1) is 11.5. The Labute approximate surface area is 142 Å². The molecule has 0 unspecified atom stereocenters. The fourth-order valence-corrected chi connectivity index (χ4v) is 2.85. The molecule has 0 aliphatic carbocycles. The van der Waals surface area contributed by atoms with E-state index in [1.807, 2.05) is 0 Å². The van der Waals surface area contributed by atoms with Gasteiger partial charge in [-0.2, -0.15) is 0 Å². The van der Waals surface area contributed by atoms with Gasteiger partial charge in [0.15, 0.2) is 0 Å². The molecule has 3 rings (SSSR count). The average molecular weight is 349 g/mol. The number of carbonyl (C=O) groups excluding carboxylic acids is 2. The molecule has 9 heteroatoms. The molecular weight excluding hydrogens is 333 g/mol. The van der Waals surface area contributed by atoms with Gasteiger partial charge in [0.2, 0.25) is 5.13 Å². The Bertz CT molecular complexity index is 744. The molecule has 126 valence electrons. The number of halogens is 1. The minimum atomic E-state index is -0.393. The standard InChI is InChI=1S/C15H16FN5O2S/c1-10-2-3-11(8-12(10)16)13(22)20-4-6-21(7-5-20)15(23)18-14-19-17-9-24-14/h2-3,8-9H,4-7H2,1H3,(H,18,19,23). The van der Waals surface area contributed by atoms with Crippen LogP contribution in [0.15, 0.2) is 23.7 Å². The molecule has 1 fully saturated rings. The Balaban J connectivity index is 1.57. The minimum absolute atomic E-state index is 0.224. The summed E-state index contributed by atoms with van der Waals surface area (Å²) in [5.41, 5.74) is 2.36. The Kier molecular flexibility index (Phi) is 4.70. The van der Waals surface area contributed by atoms with E-state index in [0.717, 1.165) is 0 Å². The molecule has 3 amide bonds. The molecule has 1 aliphatic heterocycles. The van der Waals surface area contributed by atoms with Gasteiger partial charge in [0, 0.05) is 31.7 Å². The van der Waals surface area contributed by atoms with Crippen molar-refractivity contribution in [3.8, 4) is 0 Å². The molecule has 0 spiro atoms. The van der Waals surface area contributed by atoms with Crippen LogP contribution in [0.4, 0.5) is 14.3 Å². The summed E-state index contributed by atoms with van der Waals surface area (Å²) in [6, 6.07) is 4.20. The lowest BCUT2D eigenvalue weighted by molar-refractivity contribution is 0.0671. The number of urea groups is 1. The molecule has 1 N–H and O–H groups in total. The third-order valence-electron chi connectivity index (χ3n) is 3.85. The van der Waals surface area contributed by atoms with E-state index in [-0.39, 0.29) is 11.9 Å². The molecule has 0 saturated carbocycles. The lowest BCUT2D eigenvalue weighted by Gasteiger charge is -2.34. The fourth-order valence-electron chi connectivity index (χ4n) is 2.42. The van der Waals surface area contributed by atoms with E-state index < -0.39 is 5.82 Å². The third kappa shape index (κ3) is 3.51. The van der Waals surface area contributed by atoms with Crippen molar-refractivity contribution in [1.82, 2.24) is 20.0 Å². The van der Waals surface area contributed by atoms with Gasteiger partial charge in [-0.3, -0.25) is 10.1 Å². The van der Waals surface area contributed by atoms with E-state index in [1.165, 1.54) is 22.9 Å². The summed E-state index contributed by atoms with van der Waals surface area (Å²) in [5, 5.41) is 10.5. The van der Waals surface area contributed by atoms with Crippen molar-refractivity contribution >= 4 is 28.4 Å². The lowest BCUT2D eigenvalue weighted by atomic mass is 10.1. The van der Waals surface area contributed by atoms with E-state index in [1.54, 1.807) is 28.9 Å². The summed E-state index contributed by atoms with van der Waals surface area (Å²) in [6.45, 7) is 3.27. The fraction of sp³-hybridized carbons (Fsp3) is 0.333. The number of anilines is 1. The van der Waals surface area contributed by atoms with Gasteiger partial charge in [-0.25, -0.2) is 9.18 Å². The normalized spacial score (nSPS) is 14.6. The van der Waals surface area contributed by atoms with Gasteiger partial charge in [0.05, 0.1) is 0 Å². The smallest absolute Gasteiger partial charge is 0.323 e.